The molecule has 2 aliphatic rings. The molecule has 1 saturated heterocycles. The quantitative estimate of drug-likeness (QED) is 0.877. The normalized spacial score (nSPS) is 17.1. The van der Waals surface area contributed by atoms with Crippen LogP contribution in [0.3, 0.4) is 0 Å². The van der Waals surface area contributed by atoms with Gasteiger partial charge in [0.15, 0.2) is 6.61 Å². The van der Waals surface area contributed by atoms with E-state index < -0.39 is 0 Å². The van der Waals surface area contributed by atoms with Crippen LogP contribution in [0.15, 0.2) is 18.2 Å². The third-order valence-electron chi connectivity index (χ3n) is 5.29. The number of nitrogens with one attached hydrogen (secondary N) is 1. The molecule has 146 valence electrons. The van der Waals surface area contributed by atoms with Gasteiger partial charge < -0.3 is 19.9 Å². The molecule has 0 saturated carbocycles. The van der Waals surface area contributed by atoms with Crippen LogP contribution in [0.1, 0.15) is 43.5 Å². The summed E-state index contributed by atoms with van der Waals surface area (Å²) in [5.41, 5.74) is 1.04. The SMILES string of the molecule is CCC(CC)C(=O)N1CCCN(C(=O)c2ccc3c(c2)NC(=O)CO3)CC1. The van der Waals surface area contributed by atoms with Gasteiger partial charge in [-0.3, -0.25) is 14.4 Å². The van der Waals surface area contributed by atoms with E-state index in [0.717, 1.165) is 19.3 Å². The van der Waals surface area contributed by atoms with Gasteiger partial charge in [-0.1, -0.05) is 13.8 Å². The van der Waals surface area contributed by atoms with Crippen molar-refractivity contribution in [3.8, 4) is 5.75 Å². The van der Waals surface area contributed by atoms with Crippen LogP contribution in [-0.4, -0.2) is 60.3 Å². The first-order valence-corrected chi connectivity index (χ1v) is 9.68. The number of nitrogens with zero attached hydrogens (tertiary/aromatic N) is 2. The van der Waals surface area contributed by atoms with E-state index in [-0.39, 0.29) is 30.2 Å². The summed E-state index contributed by atoms with van der Waals surface area (Å²) in [7, 11) is 0. The molecule has 1 N–H and O–H groups in total. The average molecular weight is 373 g/mol. The smallest absolute Gasteiger partial charge is 0.262 e. The Bertz CT molecular complexity index is 730. The molecule has 0 aliphatic carbocycles. The van der Waals surface area contributed by atoms with Crippen molar-refractivity contribution in [2.45, 2.75) is 33.1 Å². The van der Waals surface area contributed by atoms with Crippen LogP contribution in [0.2, 0.25) is 0 Å². The van der Waals surface area contributed by atoms with Crippen LogP contribution in [-0.2, 0) is 9.59 Å². The van der Waals surface area contributed by atoms with Crippen LogP contribution >= 0.6 is 0 Å². The van der Waals surface area contributed by atoms with Gasteiger partial charge >= 0.3 is 0 Å². The molecule has 3 rings (SSSR count). The van der Waals surface area contributed by atoms with Crippen molar-refractivity contribution in [2.75, 3.05) is 38.1 Å². The van der Waals surface area contributed by atoms with Crippen LogP contribution in [0.25, 0.3) is 0 Å². The standard InChI is InChI=1S/C20H27N3O4/c1-3-14(4-2)19(25)22-8-5-9-23(11-10-22)20(26)15-6-7-17-16(12-15)21-18(24)13-27-17/h6-7,12,14H,3-5,8-11,13H2,1-2H3,(H,21,24). The van der Waals surface area contributed by atoms with E-state index in [1.54, 1.807) is 23.1 Å². The number of ether oxygens (including phenoxy) is 1. The molecule has 1 aromatic carbocycles. The maximum atomic E-state index is 12.9. The van der Waals surface area contributed by atoms with Gasteiger partial charge in [0.1, 0.15) is 5.75 Å². The Morgan fingerprint density at radius 1 is 1.11 bits per heavy atom. The summed E-state index contributed by atoms with van der Waals surface area (Å²) in [6, 6.07) is 5.09. The molecule has 1 fully saturated rings. The number of carbonyl (C=O) groups excluding carboxylic acids is 3. The maximum Gasteiger partial charge on any atom is 0.262 e. The van der Waals surface area contributed by atoms with Gasteiger partial charge in [-0.05, 0) is 37.5 Å². The monoisotopic (exact) mass is 373 g/mol. The van der Waals surface area contributed by atoms with Gasteiger partial charge in [0, 0.05) is 37.7 Å². The second kappa shape index (κ2) is 8.41. The summed E-state index contributed by atoms with van der Waals surface area (Å²) in [4.78, 5) is 40.7. The zero-order valence-corrected chi connectivity index (χ0v) is 16.0. The summed E-state index contributed by atoms with van der Waals surface area (Å²) in [6.07, 6.45) is 2.46. The molecule has 0 spiro atoms. The average Bonchev–Trinajstić information content (AvgIpc) is 2.94. The minimum Gasteiger partial charge on any atom is -0.482 e. The molecule has 0 radical (unpaired) electrons. The van der Waals surface area contributed by atoms with Crippen molar-refractivity contribution in [2.24, 2.45) is 5.92 Å². The number of anilines is 1. The van der Waals surface area contributed by atoms with Crippen molar-refractivity contribution in [1.82, 2.24) is 9.80 Å². The molecule has 3 amide bonds. The van der Waals surface area contributed by atoms with Crippen LogP contribution in [0.5, 0.6) is 5.75 Å². The lowest BCUT2D eigenvalue weighted by Gasteiger charge is -2.25. The van der Waals surface area contributed by atoms with Crippen molar-refractivity contribution in [3.63, 3.8) is 0 Å². The highest BCUT2D eigenvalue weighted by Gasteiger charge is 2.26. The Kier molecular flexibility index (Phi) is 5.98. The van der Waals surface area contributed by atoms with Gasteiger partial charge in [-0.2, -0.15) is 0 Å². The maximum absolute atomic E-state index is 12.9. The van der Waals surface area contributed by atoms with Crippen LogP contribution in [0.4, 0.5) is 5.69 Å². The highest BCUT2D eigenvalue weighted by atomic mass is 16.5. The molecule has 2 aliphatic heterocycles. The van der Waals surface area contributed by atoms with Crippen molar-refractivity contribution >= 4 is 23.4 Å². The number of benzene rings is 1. The lowest BCUT2D eigenvalue weighted by atomic mass is 10.0. The predicted octanol–water partition coefficient (Wildman–Crippen LogP) is 2.13. The van der Waals surface area contributed by atoms with E-state index in [0.29, 0.717) is 43.2 Å². The molecule has 0 atom stereocenters. The molecular formula is C20H27N3O4. The zero-order chi connectivity index (χ0) is 19.4. The first-order chi connectivity index (χ1) is 13.0. The summed E-state index contributed by atoms with van der Waals surface area (Å²) in [6.45, 7) is 6.46. The summed E-state index contributed by atoms with van der Waals surface area (Å²) in [5, 5.41) is 2.73. The van der Waals surface area contributed by atoms with E-state index in [1.165, 1.54) is 0 Å². The van der Waals surface area contributed by atoms with Gasteiger partial charge in [0.2, 0.25) is 5.91 Å². The third-order valence-corrected chi connectivity index (χ3v) is 5.29. The second-order valence-electron chi connectivity index (χ2n) is 7.03. The minimum absolute atomic E-state index is 0.00715. The molecule has 0 unspecified atom stereocenters. The van der Waals surface area contributed by atoms with E-state index in [4.69, 9.17) is 4.74 Å². The highest BCUT2D eigenvalue weighted by Crippen LogP contribution is 2.29. The van der Waals surface area contributed by atoms with E-state index >= 15 is 0 Å². The lowest BCUT2D eigenvalue weighted by molar-refractivity contribution is -0.135. The Balaban J connectivity index is 1.67. The number of rotatable bonds is 4. The van der Waals surface area contributed by atoms with Crippen molar-refractivity contribution < 1.29 is 19.1 Å². The molecule has 0 aromatic heterocycles. The summed E-state index contributed by atoms with van der Waals surface area (Å²) in [5.74, 6) is 0.523. The largest absolute Gasteiger partial charge is 0.482 e. The van der Waals surface area contributed by atoms with Gasteiger partial charge in [0.05, 0.1) is 5.69 Å². The topological polar surface area (TPSA) is 79.0 Å². The zero-order valence-electron chi connectivity index (χ0n) is 16.0. The second-order valence-corrected chi connectivity index (χ2v) is 7.03. The number of hydrogen-bond acceptors (Lipinski definition) is 4. The molecule has 2 heterocycles. The fraction of sp³-hybridized carbons (Fsp3) is 0.550. The first-order valence-electron chi connectivity index (χ1n) is 9.68. The van der Waals surface area contributed by atoms with Gasteiger partial charge in [0.25, 0.3) is 11.8 Å². The Hall–Kier alpha value is -2.57. The molecule has 1 aromatic rings. The van der Waals surface area contributed by atoms with Crippen molar-refractivity contribution in [1.29, 1.82) is 0 Å². The number of carbonyl (C=O) groups is 3. The van der Waals surface area contributed by atoms with E-state index in [1.807, 2.05) is 18.7 Å². The van der Waals surface area contributed by atoms with E-state index in [2.05, 4.69) is 5.32 Å². The fourth-order valence-electron chi connectivity index (χ4n) is 3.64. The Morgan fingerprint density at radius 3 is 2.56 bits per heavy atom. The minimum atomic E-state index is -0.225. The molecule has 27 heavy (non-hydrogen) atoms. The van der Waals surface area contributed by atoms with Gasteiger partial charge in [-0.25, -0.2) is 0 Å². The molecular weight excluding hydrogens is 346 g/mol. The third kappa shape index (κ3) is 4.23. The van der Waals surface area contributed by atoms with Crippen molar-refractivity contribution in [3.05, 3.63) is 23.8 Å². The highest BCUT2D eigenvalue weighted by molar-refractivity contribution is 5.99. The van der Waals surface area contributed by atoms with Gasteiger partial charge in [-0.15, -0.1) is 0 Å². The predicted molar refractivity (Wildman–Crippen MR) is 102 cm³/mol. The summed E-state index contributed by atoms with van der Waals surface area (Å²) >= 11 is 0. The van der Waals surface area contributed by atoms with Crippen LogP contribution < -0.4 is 10.1 Å². The number of hydrogen-bond donors (Lipinski definition) is 1. The lowest BCUT2D eigenvalue weighted by Crippen LogP contribution is -2.39. The molecule has 7 nitrogen and oxygen atoms in total. The molecule has 7 heteroatoms. The number of amides is 3. The number of fused-ring (bicyclic) bond motifs is 1. The molecule has 0 bridgehead atoms. The Labute approximate surface area is 159 Å². The first kappa shape index (κ1) is 19.2. The summed E-state index contributed by atoms with van der Waals surface area (Å²) < 4.78 is 5.34. The Morgan fingerprint density at radius 2 is 1.81 bits per heavy atom. The van der Waals surface area contributed by atoms with E-state index in [9.17, 15) is 14.4 Å². The fourth-order valence-corrected chi connectivity index (χ4v) is 3.64. The van der Waals surface area contributed by atoms with Crippen LogP contribution in [0, 0.1) is 5.92 Å².